The summed E-state index contributed by atoms with van der Waals surface area (Å²) in [6.07, 6.45) is 0. The number of hydrogen-bond acceptors (Lipinski definition) is 2. The molecule has 114 valence electrons. The molecule has 0 aromatic heterocycles. The smallest absolute Gasteiger partial charge is 0.119 e. The van der Waals surface area contributed by atoms with E-state index in [2.05, 4.69) is 13.8 Å². The number of phenols is 2. The van der Waals surface area contributed by atoms with Gasteiger partial charge in [-0.2, -0.15) is 0 Å². The van der Waals surface area contributed by atoms with E-state index in [1.807, 2.05) is 49.4 Å². The van der Waals surface area contributed by atoms with E-state index in [9.17, 15) is 5.11 Å². The molecule has 0 atom stereocenters. The Morgan fingerprint density at radius 1 is 0.773 bits per heavy atom. The molecule has 0 amide bonds. The molecule has 2 N–H and O–H groups in total. The van der Waals surface area contributed by atoms with Crippen molar-refractivity contribution in [3.05, 3.63) is 71.8 Å². The molecule has 3 aromatic carbocycles. The Morgan fingerprint density at radius 2 is 1.45 bits per heavy atom. The molecule has 3 rings (SSSR count). The van der Waals surface area contributed by atoms with Crippen molar-refractivity contribution < 1.29 is 10.2 Å². The Kier molecular flexibility index (Phi) is 5.05. The molecule has 0 saturated carbocycles. The number of rotatable bonds is 1. The highest BCUT2D eigenvalue weighted by Crippen LogP contribution is 2.25. The third-order valence-electron chi connectivity index (χ3n) is 3.54. The van der Waals surface area contributed by atoms with E-state index in [4.69, 9.17) is 5.11 Å². The number of hydrogen-bond donors (Lipinski definition) is 2. The van der Waals surface area contributed by atoms with E-state index in [0.717, 1.165) is 21.9 Å². The van der Waals surface area contributed by atoms with Crippen molar-refractivity contribution >= 4 is 10.8 Å². The van der Waals surface area contributed by atoms with Gasteiger partial charge in [-0.3, -0.25) is 0 Å². The molecule has 3 aromatic rings. The second kappa shape index (κ2) is 6.99. The summed E-state index contributed by atoms with van der Waals surface area (Å²) >= 11 is 0. The van der Waals surface area contributed by atoms with Crippen molar-refractivity contribution in [1.82, 2.24) is 0 Å². The van der Waals surface area contributed by atoms with Crippen LogP contribution in [0.2, 0.25) is 0 Å². The summed E-state index contributed by atoms with van der Waals surface area (Å²) in [5.41, 5.74) is 2.13. The maximum atomic E-state index is 9.46. The normalized spacial score (nSPS) is 10.4. The topological polar surface area (TPSA) is 40.5 Å². The summed E-state index contributed by atoms with van der Waals surface area (Å²) in [4.78, 5) is 0. The first kappa shape index (κ1) is 15.9. The predicted octanol–water partition coefficient (Wildman–Crippen LogP) is 5.37. The maximum Gasteiger partial charge on any atom is 0.119 e. The predicted molar refractivity (Wildman–Crippen MR) is 92.5 cm³/mol. The van der Waals surface area contributed by atoms with Crippen LogP contribution in [-0.2, 0) is 0 Å². The summed E-state index contributed by atoms with van der Waals surface area (Å²) in [5, 5.41) is 20.8. The third kappa shape index (κ3) is 4.01. The molecule has 2 heteroatoms. The van der Waals surface area contributed by atoms with E-state index in [1.54, 1.807) is 18.2 Å². The van der Waals surface area contributed by atoms with Crippen molar-refractivity contribution in [1.29, 1.82) is 0 Å². The molecule has 0 unspecified atom stereocenters. The van der Waals surface area contributed by atoms with Crippen LogP contribution in [0.3, 0.4) is 0 Å². The molecule has 0 radical (unpaired) electrons. The molecular formula is C20H22O2. The zero-order valence-corrected chi connectivity index (χ0v) is 13.2. The monoisotopic (exact) mass is 294 g/mol. The van der Waals surface area contributed by atoms with Crippen LogP contribution < -0.4 is 0 Å². The molecule has 0 spiro atoms. The largest absolute Gasteiger partial charge is 0.508 e. The minimum absolute atomic E-state index is 0.323. The van der Waals surface area contributed by atoms with Gasteiger partial charge in [0.15, 0.2) is 0 Å². The molecule has 2 nitrogen and oxygen atoms in total. The van der Waals surface area contributed by atoms with Crippen molar-refractivity contribution in [3.8, 4) is 11.5 Å². The standard InChI is InChI=1S/C10H8O.C10H14O/c11-10-6-5-8-3-1-2-4-9(8)7-10;1-7(2)9-5-4-8(3)6-10(9)11/h1-7,11H;4-7,11H,1-3H3. The van der Waals surface area contributed by atoms with Crippen LogP contribution >= 0.6 is 0 Å². The number of fused-ring (bicyclic) bond motifs is 1. The van der Waals surface area contributed by atoms with Crippen LogP contribution in [-0.4, -0.2) is 10.2 Å². The quantitative estimate of drug-likeness (QED) is 0.633. The number of aryl methyl sites for hydroxylation is 1. The first-order valence-electron chi connectivity index (χ1n) is 7.44. The van der Waals surface area contributed by atoms with Crippen molar-refractivity contribution in [2.75, 3.05) is 0 Å². The zero-order valence-electron chi connectivity index (χ0n) is 13.2. The number of phenolic OH excluding ortho intramolecular Hbond substituents is 2. The average Bonchev–Trinajstić information content (AvgIpc) is 2.47. The molecule has 22 heavy (non-hydrogen) atoms. The first-order chi connectivity index (χ1) is 10.5. The fraction of sp³-hybridized carbons (Fsp3) is 0.200. The van der Waals surface area contributed by atoms with Crippen LogP contribution in [0.5, 0.6) is 11.5 Å². The molecule has 0 bridgehead atoms. The Hall–Kier alpha value is -2.48. The third-order valence-corrected chi connectivity index (χ3v) is 3.54. The fourth-order valence-electron chi connectivity index (χ4n) is 2.32. The van der Waals surface area contributed by atoms with Crippen LogP contribution in [0.1, 0.15) is 30.9 Å². The Labute approximate surface area is 131 Å². The molecule has 0 fully saturated rings. The summed E-state index contributed by atoms with van der Waals surface area (Å²) in [7, 11) is 0. The molecule has 0 heterocycles. The summed E-state index contributed by atoms with van der Waals surface area (Å²) in [6.45, 7) is 6.12. The minimum Gasteiger partial charge on any atom is -0.508 e. The second-order valence-corrected chi connectivity index (χ2v) is 5.75. The summed E-state index contributed by atoms with van der Waals surface area (Å²) in [6, 6.07) is 19.1. The highest BCUT2D eigenvalue weighted by Gasteiger charge is 2.03. The van der Waals surface area contributed by atoms with Crippen molar-refractivity contribution in [3.63, 3.8) is 0 Å². The second-order valence-electron chi connectivity index (χ2n) is 5.75. The van der Waals surface area contributed by atoms with Gasteiger partial charge in [0.1, 0.15) is 11.5 Å². The number of benzene rings is 3. The fourth-order valence-corrected chi connectivity index (χ4v) is 2.32. The molecule has 0 aliphatic heterocycles. The lowest BCUT2D eigenvalue weighted by molar-refractivity contribution is 0.464. The van der Waals surface area contributed by atoms with E-state index >= 15 is 0 Å². The van der Waals surface area contributed by atoms with E-state index in [1.165, 1.54) is 0 Å². The zero-order chi connectivity index (χ0) is 16.1. The van der Waals surface area contributed by atoms with Gasteiger partial charge in [-0.1, -0.05) is 56.3 Å². The maximum absolute atomic E-state index is 9.46. The minimum atomic E-state index is 0.323. The molecule has 0 aliphatic carbocycles. The SMILES string of the molecule is Cc1ccc(C(C)C)c(O)c1.Oc1ccc2ccccc2c1. The van der Waals surface area contributed by atoms with Gasteiger partial charge in [0.05, 0.1) is 0 Å². The average molecular weight is 294 g/mol. The van der Waals surface area contributed by atoms with Gasteiger partial charge in [0.25, 0.3) is 0 Å². The highest BCUT2D eigenvalue weighted by atomic mass is 16.3. The van der Waals surface area contributed by atoms with Crippen molar-refractivity contribution in [2.24, 2.45) is 0 Å². The van der Waals surface area contributed by atoms with E-state index < -0.39 is 0 Å². The van der Waals surface area contributed by atoms with Gasteiger partial charge in [-0.25, -0.2) is 0 Å². The van der Waals surface area contributed by atoms with E-state index in [-0.39, 0.29) is 0 Å². The lowest BCUT2D eigenvalue weighted by Gasteiger charge is -2.07. The Morgan fingerprint density at radius 3 is 2.09 bits per heavy atom. The van der Waals surface area contributed by atoms with Gasteiger partial charge >= 0.3 is 0 Å². The van der Waals surface area contributed by atoms with Crippen molar-refractivity contribution in [2.45, 2.75) is 26.7 Å². The van der Waals surface area contributed by atoms with E-state index in [0.29, 0.717) is 17.4 Å². The Balaban J connectivity index is 0.000000160. The van der Waals surface area contributed by atoms with Crippen LogP contribution in [0, 0.1) is 6.92 Å². The Bertz CT molecular complexity index is 761. The van der Waals surface area contributed by atoms with Gasteiger partial charge in [-0.15, -0.1) is 0 Å². The highest BCUT2D eigenvalue weighted by molar-refractivity contribution is 5.83. The van der Waals surface area contributed by atoms with Gasteiger partial charge in [0, 0.05) is 0 Å². The van der Waals surface area contributed by atoms with Crippen LogP contribution in [0.15, 0.2) is 60.7 Å². The molecule has 0 saturated heterocycles. The first-order valence-corrected chi connectivity index (χ1v) is 7.44. The number of aromatic hydroxyl groups is 2. The van der Waals surface area contributed by atoms with Crippen LogP contribution in [0.25, 0.3) is 10.8 Å². The summed E-state index contributed by atoms with van der Waals surface area (Å²) in [5.74, 6) is 1.14. The van der Waals surface area contributed by atoms with Gasteiger partial charge in [0.2, 0.25) is 0 Å². The molecular weight excluding hydrogens is 272 g/mol. The van der Waals surface area contributed by atoms with Gasteiger partial charge in [-0.05, 0) is 52.9 Å². The lowest BCUT2D eigenvalue weighted by Crippen LogP contribution is -1.87. The van der Waals surface area contributed by atoms with Gasteiger partial charge < -0.3 is 10.2 Å². The summed E-state index contributed by atoms with van der Waals surface area (Å²) < 4.78 is 0. The molecule has 0 aliphatic rings. The lowest BCUT2D eigenvalue weighted by atomic mass is 10.0. The van der Waals surface area contributed by atoms with Crippen LogP contribution in [0.4, 0.5) is 0 Å².